The maximum absolute atomic E-state index is 11.3. The minimum atomic E-state index is -0.989. The molecule has 1 heterocycles. The third-order valence-electron chi connectivity index (χ3n) is 2.08. The second-order valence-corrected chi connectivity index (χ2v) is 4.12. The number of hydrogen-bond donors (Lipinski definition) is 1. The average Bonchev–Trinajstić information content (AvgIpc) is 2.59. The first-order valence-corrected chi connectivity index (χ1v) is 5.30. The van der Waals surface area contributed by atoms with Crippen LogP contribution in [0.25, 0.3) is 0 Å². The van der Waals surface area contributed by atoms with Crippen molar-refractivity contribution in [1.82, 2.24) is 4.90 Å². The average molecular weight is 213 g/mol. The van der Waals surface area contributed by atoms with Crippen LogP contribution in [0.2, 0.25) is 0 Å². The normalized spacial score (nSPS) is 25.9. The fourth-order valence-corrected chi connectivity index (χ4v) is 2.76. The molecule has 0 bridgehead atoms. The van der Waals surface area contributed by atoms with Gasteiger partial charge >= 0.3 is 5.97 Å². The quantitative estimate of drug-likeness (QED) is 0.674. The molecule has 4 nitrogen and oxygen atoms in total. The number of terminal acetylenes is 1. The summed E-state index contributed by atoms with van der Waals surface area (Å²) >= 11 is 1.46. The largest absolute Gasteiger partial charge is 0.480 e. The summed E-state index contributed by atoms with van der Waals surface area (Å²) < 4.78 is 0. The van der Waals surface area contributed by atoms with Crippen LogP contribution in [0.4, 0.5) is 0 Å². The van der Waals surface area contributed by atoms with Crippen molar-refractivity contribution < 1.29 is 14.7 Å². The van der Waals surface area contributed by atoms with Crippen molar-refractivity contribution in [3.8, 4) is 12.3 Å². The predicted molar refractivity (Wildman–Crippen MR) is 53.6 cm³/mol. The SMILES string of the molecule is C#CC(=O)N1C(CC)SCC1C(=O)O. The first-order valence-electron chi connectivity index (χ1n) is 4.25. The lowest BCUT2D eigenvalue weighted by Crippen LogP contribution is -2.44. The van der Waals surface area contributed by atoms with Gasteiger partial charge in [0.05, 0.1) is 5.37 Å². The molecule has 1 fully saturated rings. The van der Waals surface area contributed by atoms with Crippen LogP contribution in [-0.4, -0.2) is 39.1 Å². The van der Waals surface area contributed by atoms with Gasteiger partial charge in [-0.25, -0.2) is 4.79 Å². The summed E-state index contributed by atoms with van der Waals surface area (Å²) in [6.45, 7) is 1.90. The van der Waals surface area contributed by atoms with E-state index in [0.717, 1.165) is 0 Å². The standard InChI is InChI=1S/C9H11NO3S/c1-3-7(11)10-6(9(12)13)5-14-8(10)4-2/h1,6,8H,4-5H2,2H3,(H,12,13). The van der Waals surface area contributed by atoms with Gasteiger partial charge in [-0.2, -0.15) is 0 Å². The Morgan fingerprint density at radius 2 is 2.36 bits per heavy atom. The maximum Gasteiger partial charge on any atom is 0.327 e. The fraction of sp³-hybridized carbons (Fsp3) is 0.556. The summed E-state index contributed by atoms with van der Waals surface area (Å²) in [6.07, 6.45) is 5.70. The summed E-state index contributed by atoms with van der Waals surface area (Å²) in [5.74, 6) is 0.862. The molecule has 5 heteroatoms. The van der Waals surface area contributed by atoms with Gasteiger partial charge in [0.15, 0.2) is 0 Å². The Balaban J connectivity index is 2.87. The van der Waals surface area contributed by atoms with E-state index in [-0.39, 0.29) is 5.37 Å². The lowest BCUT2D eigenvalue weighted by atomic mass is 10.2. The van der Waals surface area contributed by atoms with Gasteiger partial charge in [-0.15, -0.1) is 18.2 Å². The molecule has 1 aliphatic rings. The number of aliphatic carboxylic acids is 1. The molecular weight excluding hydrogens is 202 g/mol. The first-order chi connectivity index (χ1) is 6.61. The van der Waals surface area contributed by atoms with Crippen LogP contribution in [0.3, 0.4) is 0 Å². The molecule has 76 valence electrons. The van der Waals surface area contributed by atoms with Gasteiger partial charge in [-0.1, -0.05) is 6.92 Å². The van der Waals surface area contributed by atoms with Crippen LogP contribution >= 0.6 is 11.8 Å². The van der Waals surface area contributed by atoms with E-state index in [1.54, 1.807) is 0 Å². The van der Waals surface area contributed by atoms with Crippen molar-refractivity contribution in [2.45, 2.75) is 24.8 Å². The number of rotatable bonds is 2. The lowest BCUT2D eigenvalue weighted by Gasteiger charge is -2.23. The van der Waals surface area contributed by atoms with Gasteiger partial charge in [0.2, 0.25) is 0 Å². The van der Waals surface area contributed by atoms with Crippen LogP contribution in [0.5, 0.6) is 0 Å². The topological polar surface area (TPSA) is 57.6 Å². The van der Waals surface area contributed by atoms with Crippen LogP contribution in [0.15, 0.2) is 0 Å². The summed E-state index contributed by atoms with van der Waals surface area (Å²) in [4.78, 5) is 23.4. The number of carboxylic acid groups (broad SMARTS) is 1. The molecule has 0 radical (unpaired) electrons. The summed E-state index contributed by atoms with van der Waals surface area (Å²) in [5, 5.41) is 8.77. The summed E-state index contributed by atoms with van der Waals surface area (Å²) in [6, 6.07) is -0.770. The van der Waals surface area contributed by atoms with E-state index in [2.05, 4.69) is 0 Å². The van der Waals surface area contributed by atoms with Crippen molar-refractivity contribution in [3.63, 3.8) is 0 Å². The van der Waals surface area contributed by atoms with Gasteiger partial charge in [0.25, 0.3) is 5.91 Å². The van der Waals surface area contributed by atoms with E-state index in [1.807, 2.05) is 12.8 Å². The maximum atomic E-state index is 11.3. The number of amides is 1. The van der Waals surface area contributed by atoms with E-state index in [1.165, 1.54) is 16.7 Å². The smallest absolute Gasteiger partial charge is 0.327 e. The Labute approximate surface area is 86.7 Å². The highest BCUT2D eigenvalue weighted by Gasteiger charge is 2.40. The Hall–Kier alpha value is -1.15. The van der Waals surface area contributed by atoms with E-state index in [9.17, 15) is 9.59 Å². The molecular formula is C9H11NO3S. The summed E-state index contributed by atoms with van der Waals surface area (Å²) in [7, 11) is 0. The van der Waals surface area contributed by atoms with Gasteiger partial charge < -0.3 is 10.0 Å². The molecule has 0 saturated carbocycles. The fourth-order valence-electron chi connectivity index (χ4n) is 1.42. The molecule has 0 spiro atoms. The molecule has 1 aliphatic heterocycles. The van der Waals surface area contributed by atoms with Gasteiger partial charge in [0.1, 0.15) is 6.04 Å². The second kappa shape index (κ2) is 4.38. The second-order valence-electron chi connectivity index (χ2n) is 2.91. The Bertz CT molecular complexity index is 297. The van der Waals surface area contributed by atoms with Crippen molar-refractivity contribution >= 4 is 23.6 Å². The summed E-state index contributed by atoms with van der Waals surface area (Å²) in [5.41, 5.74) is 0. The van der Waals surface area contributed by atoms with Crippen molar-refractivity contribution in [2.75, 3.05) is 5.75 Å². The zero-order chi connectivity index (χ0) is 10.7. The van der Waals surface area contributed by atoms with Crippen LogP contribution in [0, 0.1) is 12.3 Å². The molecule has 0 aromatic heterocycles. The zero-order valence-corrected chi connectivity index (χ0v) is 8.58. The molecule has 2 atom stereocenters. The van der Waals surface area contributed by atoms with Crippen LogP contribution in [0.1, 0.15) is 13.3 Å². The minimum absolute atomic E-state index is 0.0975. The molecule has 1 N–H and O–H groups in total. The number of hydrogen-bond acceptors (Lipinski definition) is 3. The highest BCUT2D eigenvalue weighted by molar-refractivity contribution is 8.00. The number of thioether (sulfide) groups is 1. The van der Waals surface area contributed by atoms with Crippen LogP contribution < -0.4 is 0 Å². The monoisotopic (exact) mass is 213 g/mol. The molecule has 2 unspecified atom stereocenters. The lowest BCUT2D eigenvalue weighted by molar-refractivity contribution is -0.147. The van der Waals surface area contributed by atoms with E-state index >= 15 is 0 Å². The molecule has 1 saturated heterocycles. The minimum Gasteiger partial charge on any atom is -0.480 e. The number of nitrogens with zero attached hydrogens (tertiary/aromatic N) is 1. The third kappa shape index (κ3) is 1.85. The van der Waals surface area contributed by atoms with Gasteiger partial charge in [-0.3, -0.25) is 4.79 Å². The number of carbonyl (C=O) groups excluding carboxylic acids is 1. The molecule has 14 heavy (non-hydrogen) atoms. The molecule has 0 aromatic carbocycles. The third-order valence-corrected chi connectivity index (χ3v) is 3.54. The number of carbonyl (C=O) groups is 2. The number of carboxylic acids is 1. The van der Waals surface area contributed by atoms with Gasteiger partial charge in [-0.05, 0) is 12.3 Å². The Morgan fingerprint density at radius 1 is 1.71 bits per heavy atom. The predicted octanol–water partition coefficient (Wildman–Crippen LogP) is 0.384. The molecule has 1 rings (SSSR count). The molecule has 0 aliphatic carbocycles. The highest BCUT2D eigenvalue weighted by Crippen LogP contribution is 2.31. The Kier molecular flexibility index (Phi) is 3.42. The zero-order valence-electron chi connectivity index (χ0n) is 7.77. The Morgan fingerprint density at radius 3 is 2.79 bits per heavy atom. The van der Waals surface area contributed by atoms with Gasteiger partial charge in [0, 0.05) is 5.75 Å². The molecule has 0 aromatic rings. The van der Waals surface area contributed by atoms with E-state index < -0.39 is 17.9 Å². The van der Waals surface area contributed by atoms with Crippen molar-refractivity contribution in [3.05, 3.63) is 0 Å². The van der Waals surface area contributed by atoms with E-state index in [4.69, 9.17) is 11.5 Å². The van der Waals surface area contributed by atoms with Crippen molar-refractivity contribution in [1.29, 1.82) is 0 Å². The van der Waals surface area contributed by atoms with E-state index in [0.29, 0.717) is 12.2 Å². The molecule has 1 amide bonds. The first kappa shape index (κ1) is 10.9. The highest BCUT2D eigenvalue weighted by atomic mass is 32.2. The van der Waals surface area contributed by atoms with Crippen LogP contribution in [-0.2, 0) is 9.59 Å². The van der Waals surface area contributed by atoms with Crippen molar-refractivity contribution in [2.24, 2.45) is 0 Å².